The molecule has 2 amide bonds. The van der Waals surface area contributed by atoms with Gasteiger partial charge in [0, 0.05) is 17.2 Å². The Morgan fingerprint density at radius 3 is 2.83 bits per heavy atom. The number of amides is 2. The van der Waals surface area contributed by atoms with E-state index in [1.54, 1.807) is 32.7 Å². The second-order valence-electron chi connectivity index (χ2n) is 5.28. The molecule has 0 aromatic heterocycles. The maximum absolute atomic E-state index is 12.1. The summed E-state index contributed by atoms with van der Waals surface area (Å²) in [5, 5.41) is 5.42. The summed E-state index contributed by atoms with van der Waals surface area (Å²) in [6.45, 7) is 3.83. The molecule has 6 nitrogen and oxygen atoms in total. The number of nitrogens with one attached hydrogen (secondary N) is 2. The number of rotatable bonds is 7. The van der Waals surface area contributed by atoms with E-state index < -0.39 is 5.97 Å². The van der Waals surface area contributed by atoms with Crippen LogP contribution >= 0.6 is 11.8 Å². The van der Waals surface area contributed by atoms with Gasteiger partial charge in [-0.05, 0) is 31.5 Å². The fourth-order valence-corrected chi connectivity index (χ4v) is 3.38. The van der Waals surface area contributed by atoms with Gasteiger partial charge in [-0.15, -0.1) is 0 Å². The average molecular weight is 350 g/mol. The number of ether oxygens (including phenoxy) is 2. The second-order valence-corrected chi connectivity index (χ2v) is 6.26. The van der Waals surface area contributed by atoms with Crippen LogP contribution in [-0.4, -0.2) is 37.5 Å². The van der Waals surface area contributed by atoms with E-state index in [-0.39, 0.29) is 12.1 Å². The molecule has 0 saturated carbocycles. The number of carbonyl (C=O) groups excluding carboxylic acids is 2. The van der Waals surface area contributed by atoms with Crippen LogP contribution in [0.2, 0.25) is 0 Å². The molecule has 0 radical (unpaired) electrons. The first kappa shape index (κ1) is 18.2. The lowest BCUT2D eigenvalue weighted by Gasteiger charge is -2.26. The smallest absolute Gasteiger partial charge is 0.337 e. The van der Waals surface area contributed by atoms with E-state index in [0.29, 0.717) is 23.6 Å². The number of urea groups is 1. The summed E-state index contributed by atoms with van der Waals surface area (Å²) < 4.78 is 10.3. The molecule has 0 fully saturated rings. The lowest BCUT2D eigenvalue weighted by Crippen LogP contribution is -2.49. The molecule has 1 heterocycles. The molecular weight excluding hydrogens is 328 g/mol. The van der Waals surface area contributed by atoms with Gasteiger partial charge in [0.05, 0.1) is 25.3 Å². The number of hydrogen-bond donors (Lipinski definition) is 2. The molecule has 2 rings (SSSR count). The van der Waals surface area contributed by atoms with Crippen LogP contribution in [0.15, 0.2) is 35.5 Å². The maximum Gasteiger partial charge on any atom is 0.337 e. The molecule has 0 spiro atoms. The largest absolute Gasteiger partial charge is 0.497 e. The summed E-state index contributed by atoms with van der Waals surface area (Å²) in [7, 11) is 1.63. The van der Waals surface area contributed by atoms with Crippen LogP contribution in [0, 0.1) is 0 Å². The van der Waals surface area contributed by atoms with Crippen molar-refractivity contribution in [3.63, 3.8) is 0 Å². The summed E-state index contributed by atoms with van der Waals surface area (Å²) >= 11 is 1.61. The summed E-state index contributed by atoms with van der Waals surface area (Å²) in [5.74, 6) is 1.68. The lowest BCUT2D eigenvalue weighted by molar-refractivity contribution is -0.138. The van der Waals surface area contributed by atoms with E-state index in [1.165, 1.54) is 0 Å². The van der Waals surface area contributed by atoms with Crippen molar-refractivity contribution in [1.82, 2.24) is 10.6 Å². The molecule has 7 heteroatoms. The Balaban J connectivity index is 2.07. The number of esters is 1. The number of benzene rings is 1. The van der Waals surface area contributed by atoms with Crippen molar-refractivity contribution >= 4 is 23.8 Å². The predicted octanol–water partition coefficient (Wildman–Crippen LogP) is 2.45. The van der Waals surface area contributed by atoms with Crippen LogP contribution in [0.1, 0.15) is 19.4 Å². The molecule has 24 heavy (non-hydrogen) atoms. The van der Waals surface area contributed by atoms with Crippen LogP contribution in [0.3, 0.4) is 0 Å². The minimum atomic E-state index is -0.394. The predicted molar refractivity (Wildman–Crippen MR) is 93.9 cm³/mol. The molecule has 1 atom stereocenters. The highest BCUT2D eigenvalue weighted by molar-refractivity contribution is 7.98. The zero-order chi connectivity index (χ0) is 17.5. The van der Waals surface area contributed by atoms with Crippen molar-refractivity contribution in [2.75, 3.05) is 19.5 Å². The number of hydrogen-bond acceptors (Lipinski definition) is 5. The first-order valence-electron chi connectivity index (χ1n) is 7.73. The van der Waals surface area contributed by atoms with E-state index in [1.807, 2.05) is 24.3 Å². The molecule has 1 aromatic rings. The van der Waals surface area contributed by atoms with Crippen molar-refractivity contribution in [2.24, 2.45) is 0 Å². The Bertz CT molecular complexity index is 645. The molecule has 1 unspecified atom stereocenters. The van der Waals surface area contributed by atoms with Crippen molar-refractivity contribution < 1.29 is 19.1 Å². The highest BCUT2D eigenvalue weighted by atomic mass is 32.2. The standard InChI is InChI=1S/C17H22N2O4S/c1-4-23-16(20)15-11(2)18-17(21)19-14(15)10-24-9-12-6-5-7-13(8-12)22-3/h5-8,11H,4,9-10H2,1-3H3,(H2,18,19,21). The minimum absolute atomic E-state index is 0.299. The molecule has 2 N–H and O–H groups in total. The second kappa shape index (κ2) is 8.63. The Hall–Kier alpha value is -2.15. The number of methoxy groups -OCH3 is 1. The first-order chi connectivity index (χ1) is 11.5. The van der Waals surface area contributed by atoms with Gasteiger partial charge < -0.3 is 20.1 Å². The van der Waals surface area contributed by atoms with E-state index in [2.05, 4.69) is 10.6 Å². The van der Waals surface area contributed by atoms with Crippen LogP contribution in [0.5, 0.6) is 5.75 Å². The third-order valence-corrected chi connectivity index (χ3v) is 4.55. The molecule has 0 bridgehead atoms. The molecule has 1 aromatic carbocycles. The number of thioether (sulfide) groups is 1. The van der Waals surface area contributed by atoms with Gasteiger partial charge in [0.1, 0.15) is 5.75 Å². The SMILES string of the molecule is CCOC(=O)C1=C(CSCc2cccc(OC)c2)NC(=O)NC1C. The van der Waals surface area contributed by atoms with Gasteiger partial charge in [-0.25, -0.2) is 9.59 Å². The summed E-state index contributed by atoms with van der Waals surface area (Å²) in [4.78, 5) is 23.8. The van der Waals surface area contributed by atoms with E-state index in [9.17, 15) is 9.59 Å². The fraction of sp³-hybridized carbons (Fsp3) is 0.412. The molecule has 1 aliphatic rings. The van der Waals surface area contributed by atoms with E-state index in [4.69, 9.17) is 9.47 Å². The van der Waals surface area contributed by atoms with Gasteiger partial charge in [-0.1, -0.05) is 12.1 Å². The zero-order valence-electron chi connectivity index (χ0n) is 14.0. The van der Waals surface area contributed by atoms with Crippen molar-refractivity contribution in [3.8, 4) is 5.75 Å². The normalized spacial score (nSPS) is 17.1. The van der Waals surface area contributed by atoms with Crippen LogP contribution < -0.4 is 15.4 Å². The van der Waals surface area contributed by atoms with Crippen molar-refractivity contribution in [1.29, 1.82) is 0 Å². The minimum Gasteiger partial charge on any atom is -0.497 e. The molecule has 130 valence electrons. The van der Waals surface area contributed by atoms with Gasteiger partial charge in [0.2, 0.25) is 0 Å². The zero-order valence-corrected chi connectivity index (χ0v) is 14.9. The Morgan fingerprint density at radius 1 is 1.33 bits per heavy atom. The number of carbonyl (C=O) groups is 2. The highest BCUT2D eigenvalue weighted by Crippen LogP contribution is 2.22. The third kappa shape index (κ3) is 4.67. The summed E-state index contributed by atoms with van der Waals surface area (Å²) in [6.07, 6.45) is 0. The monoisotopic (exact) mass is 350 g/mol. The third-order valence-electron chi connectivity index (χ3n) is 3.51. The van der Waals surface area contributed by atoms with Gasteiger partial charge in [0.15, 0.2) is 0 Å². The maximum atomic E-state index is 12.1. The van der Waals surface area contributed by atoms with E-state index in [0.717, 1.165) is 17.1 Å². The van der Waals surface area contributed by atoms with Gasteiger partial charge >= 0.3 is 12.0 Å². The Kier molecular flexibility index (Phi) is 6.54. The van der Waals surface area contributed by atoms with E-state index >= 15 is 0 Å². The molecule has 0 saturated heterocycles. The first-order valence-corrected chi connectivity index (χ1v) is 8.89. The van der Waals surface area contributed by atoms with Gasteiger partial charge in [0.25, 0.3) is 0 Å². The van der Waals surface area contributed by atoms with Crippen LogP contribution in [-0.2, 0) is 15.3 Å². The quantitative estimate of drug-likeness (QED) is 0.739. The molecule has 0 aliphatic carbocycles. The lowest BCUT2D eigenvalue weighted by atomic mass is 10.1. The fourth-order valence-electron chi connectivity index (χ4n) is 2.43. The van der Waals surface area contributed by atoms with Crippen LogP contribution in [0.4, 0.5) is 4.79 Å². The van der Waals surface area contributed by atoms with Crippen molar-refractivity contribution in [2.45, 2.75) is 25.6 Å². The van der Waals surface area contributed by atoms with Crippen LogP contribution in [0.25, 0.3) is 0 Å². The highest BCUT2D eigenvalue weighted by Gasteiger charge is 2.29. The van der Waals surface area contributed by atoms with Gasteiger partial charge in [-0.3, -0.25) is 0 Å². The molecular formula is C17H22N2O4S. The summed E-state index contributed by atoms with van der Waals surface area (Å²) in [5.41, 5.74) is 2.21. The topological polar surface area (TPSA) is 76.7 Å². The Labute approximate surface area is 146 Å². The van der Waals surface area contributed by atoms with Gasteiger partial charge in [-0.2, -0.15) is 11.8 Å². The summed E-state index contributed by atoms with van der Waals surface area (Å²) in [6, 6.07) is 7.14. The Morgan fingerprint density at radius 2 is 2.12 bits per heavy atom. The average Bonchev–Trinajstić information content (AvgIpc) is 2.54. The molecule has 1 aliphatic heterocycles. The van der Waals surface area contributed by atoms with Crippen molar-refractivity contribution in [3.05, 3.63) is 41.1 Å².